The molecule has 0 fully saturated rings. The van der Waals surface area contributed by atoms with Crippen molar-refractivity contribution in [3.63, 3.8) is 0 Å². The number of nitrogen functional groups attached to an aromatic ring is 3. The van der Waals surface area contributed by atoms with Gasteiger partial charge in [0.25, 0.3) is 0 Å². The Hall–Kier alpha value is -8.18. The van der Waals surface area contributed by atoms with Gasteiger partial charge in [0.15, 0.2) is 40.4 Å². The fourth-order valence-electron chi connectivity index (χ4n) is 6.75. The lowest BCUT2D eigenvalue weighted by Crippen LogP contribution is -2.24. The molecule has 0 aliphatic heterocycles. The second-order valence-corrected chi connectivity index (χ2v) is 12.9. The lowest BCUT2D eigenvalue weighted by molar-refractivity contribution is 0.0977. The van der Waals surface area contributed by atoms with Crippen molar-refractivity contribution in [1.82, 2.24) is 0 Å². The number of phenols is 1. The zero-order valence-corrected chi connectivity index (χ0v) is 29.9. The smallest absolute Gasteiger partial charge is 0.198 e. The Labute approximate surface area is 325 Å². The van der Waals surface area contributed by atoms with Crippen LogP contribution in [0.3, 0.4) is 0 Å². The van der Waals surface area contributed by atoms with Gasteiger partial charge in [0.2, 0.25) is 0 Å². The highest BCUT2D eigenvalue weighted by Crippen LogP contribution is 2.50. The first kappa shape index (κ1) is 35.8. The van der Waals surface area contributed by atoms with Crippen LogP contribution in [-0.2, 0) is 0 Å². The van der Waals surface area contributed by atoms with Gasteiger partial charge in [-0.3, -0.25) is 19.2 Å². The minimum absolute atomic E-state index is 0.00293. The Bertz CT molecular complexity index is 2660. The predicted octanol–water partition coefficient (Wildman–Crippen LogP) is 8.75. The maximum atomic E-state index is 13.3. The number of hydrogen-bond acceptors (Lipinski definition) is 11. The van der Waals surface area contributed by atoms with Crippen LogP contribution in [0.25, 0.3) is 0 Å². The monoisotopic (exact) mass is 753 g/mol. The van der Waals surface area contributed by atoms with E-state index < -0.39 is 11.6 Å². The molecule has 0 radical (unpaired) electrons. The van der Waals surface area contributed by atoms with E-state index in [2.05, 4.69) is 0 Å². The molecule has 0 spiro atoms. The normalized spacial score (nSPS) is 12.3. The molecule has 0 amide bonds. The number of ketones is 4. The standard InChI is InChI=1S/C26H18N2O4.C20H13NO4/c27-21-19-20(24(30)18-14-8-7-13-17(18)23(19)29)22(28)26(32-16-11-5-2-6-12-16)25(21)31-15-9-3-1-4-10-15;21-18-15(25-11-6-2-1-3-7-11)10-14(22)16-17(18)20(24)13-9-5-4-8-12(13)19(16)23/h1-14H,27-28H2;1-10,22H,21H2. The van der Waals surface area contributed by atoms with Gasteiger partial charge < -0.3 is 36.5 Å². The van der Waals surface area contributed by atoms with E-state index in [-0.39, 0.29) is 96.1 Å². The molecule has 0 bridgehead atoms. The van der Waals surface area contributed by atoms with E-state index in [4.69, 9.17) is 31.4 Å². The summed E-state index contributed by atoms with van der Waals surface area (Å²) in [5, 5.41) is 10.3. The number of anilines is 3. The van der Waals surface area contributed by atoms with Crippen LogP contribution in [0.15, 0.2) is 146 Å². The second-order valence-electron chi connectivity index (χ2n) is 12.9. The van der Waals surface area contributed by atoms with E-state index in [1.807, 2.05) is 18.2 Å². The van der Waals surface area contributed by atoms with E-state index in [0.29, 0.717) is 17.2 Å². The minimum atomic E-state index is -0.430. The van der Waals surface area contributed by atoms with Gasteiger partial charge in [0, 0.05) is 28.3 Å². The maximum Gasteiger partial charge on any atom is 0.198 e. The quantitative estimate of drug-likeness (QED) is 0.0936. The van der Waals surface area contributed by atoms with Crippen molar-refractivity contribution in [1.29, 1.82) is 0 Å². The average molecular weight is 754 g/mol. The Balaban J connectivity index is 0.000000165. The molecule has 0 aromatic heterocycles. The lowest BCUT2D eigenvalue weighted by atomic mass is 9.82. The zero-order valence-electron chi connectivity index (χ0n) is 29.9. The molecule has 2 aliphatic carbocycles. The molecule has 11 heteroatoms. The van der Waals surface area contributed by atoms with Gasteiger partial charge in [-0.15, -0.1) is 0 Å². The fraction of sp³-hybridized carbons (Fsp3) is 0. The third-order valence-corrected chi connectivity index (χ3v) is 9.43. The Morgan fingerprint density at radius 2 is 0.667 bits per heavy atom. The van der Waals surface area contributed by atoms with E-state index >= 15 is 0 Å². The third kappa shape index (κ3) is 6.34. The fourth-order valence-corrected chi connectivity index (χ4v) is 6.75. The van der Waals surface area contributed by atoms with Crippen LogP contribution in [0, 0.1) is 0 Å². The van der Waals surface area contributed by atoms with Gasteiger partial charge in [0.05, 0.1) is 39.3 Å². The molecule has 11 nitrogen and oxygen atoms in total. The van der Waals surface area contributed by atoms with Crippen molar-refractivity contribution < 1.29 is 38.5 Å². The van der Waals surface area contributed by atoms with Crippen LogP contribution in [0.5, 0.6) is 40.2 Å². The first-order valence-electron chi connectivity index (χ1n) is 17.6. The Morgan fingerprint density at radius 1 is 0.368 bits per heavy atom. The molecule has 0 heterocycles. The van der Waals surface area contributed by atoms with E-state index in [0.717, 1.165) is 0 Å². The number of phenolic OH excluding ortho intramolecular Hbond substituents is 1. The summed E-state index contributed by atoms with van der Waals surface area (Å²) in [5.74, 6) is -0.189. The number of aromatic hydroxyl groups is 1. The molecule has 7 aromatic rings. The summed E-state index contributed by atoms with van der Waals surface area (Å²) in [5.41, 5.74) is 20.1. The summed E-state index contributed by atoms with van der Waals surface area (Å²) in [4.78, 5) is 52.2. The van der Waals surface area contributed by atoms with Crippen molar-refractivity contribution in [3.8, 4) is 40.2 Å². The number of rotatable bonds is 6. The number of carbonyl (C=O) groups excluding carboxylic acids is 4. The van der Waals surface area contributed by atoms with Crippen molar-refractivity contribution in [3.05, 3.63) is 190 Å². The summed E-state index contributed by atoms with van der Waals surface area (Å²) in [6.45, 7) is 0. The molecule has 2 aliphatic rings. The number of nitrogens with two attached hydrogens (primary N) is 3. The summed E-state index contributed by atoms with van der Waals surface area (Å²) in [6, 6.07) is 41.0. The Kier molecular flexibility index (Phi) is 9.16. The molecule has 9 rings (SSSR count). The number of hydrogen-bond donors (Lipinski definition) is 4. The molecule has 57 heavy (non-hydrogen) atoms. The number of ether oxygens (including phenoxy) is 3. The first-order valence-corrected chi connectivity index (χ1v) is 17.6. The number of carbonyl (C=O) groups is 4. The first-order chi connectivity index (χ1) is 27.6. The van der Waals surface area contributed by atoms with Crippen molar-refractivity contribution in [2.75, 3.05) is 17.2 Å². The summed E-state index contributed by atoms with van der Waals surface area (Å²) >= 11 is 0. The molecule has 7 N–H and O–H groups in total. The summed E-state index contributed by atoms with van der Waals surface area (Å²) in [6.07, 6.45) is 0. The summed E-state index contributed by atoms with van der Waals surface area (Å²) in [7, 11) is 0. The molecular weight excluding hydrogens is 723 g/mol. The van der Waals surface area contributed by atoms with Crippen LogP contribution < -0.4 is 31.4 Å². The molecule has 7 aromatic carbocycles. The van der Waals surface area contributed by atoms with Crippen LogP contribution in [0.1, 0.15) is 63.7 Å². The third-order valence-electron chi connectivity index (χ3n) is 9.43. The molecule has 0 saturated heterocycles. The number of fused-ring (bicyclic) bond motifs is 4. The second kappa shape index (κ2) is 14.6. The van der Waals surface area contributed by atoms with E-state index in [1.165, 1.54) is 6.07 Å². The van der Waals surface area contributed by atoms with E-state index in [1.54, 1.807) is 121 Å². The average Bonchev–Trinajstić information content (AvgIpc) is 3.24. The van der Waals surface area contributed by atoms with Crippen LogP contribution in [0.4, 0.5) is 17.1 Å². The van der Waals surface area contributed by atoms with Gasteiger partial charge in [0.1, 0.15) is 23.0 Å². The number of benzene rings is 7. The minimum Gasteiger partial charge on any atom is -0.507 e. The SMILES string of the molecule is Nc1c(Oc2ccccc2)c(Oc2ccccc2)c(N)c2c1C(=O)c1ccccc1C2=O.Nc1c(Oc2ccccc2)cc(O)c2c1C(=O)c1ccccc1C2=O. The molecule has 0 unspecified atom stereocenters. The van der Waals surface area contributed by atoms with Crippen molar-refractivity contribution in [2.24, 2.45) is 0 Å². The molecule has 0 saturated carbocycles. The van der Waals surface area contributed by atoms with Crippen LogP contribution >= 0.6 is 0 Å². The lowest BCUT2D eigenvalue weighted by Gasteiger charge is -2.25. The largest absolute Gasteiger partial charge is 0.507 e. The van der Waals surface area contributed by atoms with Gasteiger partial charge in [-0.25, -0.2) is 0 Å². The molecule has 278 valence electrons. The Morgan fingerprint density at radius 3 is 1.04 bits per heavy atom. The highest BCUT2D eigenvalue weighted by molar-refractivity contribution is 6.33. The van der Waals surface area contributed by atoms with Crippen LogP contribution in [0.2, 0.25) is 0 Å². The molecule has 0 atom stereocenters. The van der Waals surface area contributed by atoms with Gasteiger partial charge in [-0.2, -0.15) is 0 Å². The topological polar surface area (TPSA) is 194 Å². The molecular formula is C46H31N3O8. The zero-order chi connectivity index (χ0) is 39.8. The van der Waals surface area contributed by atoms with Gasteiger partial charge >= 0.3 is 0 Å². The number of para-hydroxylation sites is 3. The summed E-state index contributed by atoms with van der Waals surface area (Å²) < 4.78 is 17.8. The highest BCUT2D eigenvalue weighted by Gasteiger charge is 2.38. The van der Waals surface area contributed by atoms with Crippen molar-refractivity contribution >= 4 is 40.2 Å². The highest BCUT2D eigenvalue weighted by atomic mass is 16.5. The van der Waals surface area contributed by atoms with Gasteiger partial charge in [-0.05, 0) is 36.4 Å². The maximum absolute atomic E-state index is 13.3. The predicted molar refractivity (Wildman–Crippen MR) is 214 cm³/mol. The van der Waals surface area contributed by atoms with Crippen LogP contribution in [-0.4, -0.2) is 28.2 Å². The van der Waals surface area contributed by atoms with Gasteiger partial charge in [-0.1, -0.05) is 103 Å². The van der Waals surface area contributed by atoms with E-state index in [9.17, 15) is 24.3 Å². The van der Waals surface area contributed by atoms with Crippen molar-refractivity contribution in [2.45, 2.75) is 0 Å².